The molecule has 2 aliphatic heterocycles. The van der Waals surface area contributed by atoms with Crippen LogP contribution in [-0.2, 0) is 38.8 Å². The van der Waals surface area contributed by atoms with Gasteiger partial charge in [0.15, 0.2) is 5.78 Å². The number of nitrogens with two attached hydrogens (primary N) is 1. The van der Waals surface area contributed by atoms with E-state index in [1.165, 1.54) is 6.07 Å². The van der Waals surface area contributed by atoms with E-state index in [1.54, 1.807) is 13.8 Å². The van der Waals surface area contributed by atoms with Crippen molar-refractivity contribution in [1.29, 1.82) is 0 Å². The molecule has 2 saturated heterocycles. The Bertz CT molecular complexity index is 1230. The van der Waals surface area contributed by atoms with Gasteiger partial charge in [-0.05, 0) is 87.2 Å². The number of hydrogen-bond acceptors (Lipinski definition) is 7. The van der Waals surface area contributed by atoms with E-state index in [0.29, 0.717) is 62.8 Å². The quantitative estimate of drug-likeness (QED) is 0.353. The van der Waals surface area contributed by atoms with Crippen LogP contribution in [-0.4, -0.2) is 41.2 Å². The normalized spacial score (nSPS) is 25.2. The van der Waals surface area contributed by atoms with Gasteiger partial charge >= 0.3 is 6.18 Å². The van der Waals surface area contributed by atoms with Crippen molar-refractivity contribution in [3.8, 4) is 0 Å². The number of aryl methyl sites for hydroxylation is 1. The summed E-state index contributed by atoms with van der Waals surface area (Å²) in [5, 5.41) is 3.38. The Morgan fingerprint density at radius 3 is 2.74 bits per heavy atom. The molecular formula is C27H32ClF3N4O3. The number of ether oxygens (including phenoxy) is 2. The molecule has 2 bridgehead atoms. The zero-order valence-corrected chi connectivity index (χ0v) is 22.2. The molecule has 0 saturated carbocycles. The number of nitrogens with zero attached hydrogens (tertiary/aromatic N) is 2. The highest BCUT2D eigenvalue weighted by atomic mass is 35.5. The van der Waals surface area contributed by atoms with E-state index < -0.39 is 22.9 Å². The summed E-state index contributed by atoms with van der Waals surface area (Å²) in [5.74, 6) is 1.10. The van der Waals surface area contributed by atoms with Gasteiger partial charge in [-0.1, -0.05) is 0 Å². The number of nitrogens with one attached hydrogen (secondary N) is 1. The van der Waals surface area contributed by atoms with Crippen LogP contribution in [0.2, 0.25) is 5.28 Å². The van der Waals surface area contributed by atoms with Gasteiger partial charge in [-0.25, -0.2) is 9.97 Å². The van der Waals surface area contributed by atoms with Crippen LogP contribution in [0.3, 0.4) is 0 Å². The zero-order valence-electron chi connectivity index (χ0n) is 21.5. The molecule has 3 unspecified atom stereocenters. The van der Waals surface area contributed by atoms with Gasteiger partial charge in [0.1, 0.15) is 11.4 Å². The second-order valence-electron chi connectivity index (χ2n) is 11.3. The summed E-state index contributed by atoms with van der Waals surface area (Å²) in [6, 6.07) is 3.54. The number of rotatable bonds is 7. The second kappa shape index (κ2) is 9.95. The molecule has 1 aromatic carbocycles. The van der Waals surface area contributed by atoms with Crippen LogP contribution in [0.5, 0.6) is 0 Å². The molecule has 5 rings (SSSR count). The van der Waals surface area contributed by atoms with Crippen LogP contribution >= 0.6 is 11.6 Å². The standard InChI is InChI=1S/C27H32ClF3N4O3/c1-25(2,17-8-18(27(29,30)31)10-19(32)9-17)35-23-20-7-15(3-5-21(20)33-24(28)34-23)4-6-22(36)26-11-16(13-38-26)12-37-14-26/h8-10,15-16H,3-7,11-14,32H2,1-2H3,(H,33,34,35). The van der Waals surface area contributed by atoms with Crippen LogP contribution in [0.25, 0.3) is 0 Å². The molecule has 206 valence electrons. The van der Waals surface area contributed by atoms with Crippen molar-refractivity contribution < 1.29 is 27.4 Å². The smallest absolute Gasteiger partial charge is 0.399 e. The molecule has 7 nitrogen and oxygen atoms in total. The number of halogens is 4. The minimum atomic E-state index is -4.52. The van der Waals surface area contributed by atoms with Crippen molar-refractivity contribution in [2.45, 2.75) is 69.7 Å². The van der Waals surface area contributed by atoms with Gasteiger partial charge in [0, 0.05) is 23.6 Å². The minimum Gasteiger partial charge on any atom is -0.399 e. The van der Waals surface area contributed by atoms with E-state index in [0.717, 1.165) is 36.2 Å². The number of Topliss-reactive ketones (excluding diaryl/α,β-unsaturated/α-hetero) is 1. The van der Waals surface area contributed by atoms with Gasteiger partial charge in [-0.15, -0.1) is 0 Å². The monoisotopic (exact) mass is 552 g/mol. The highest BCUT2D eigenvalue weighted by Gasteiger charge is 2.49. The fourth-order valence-electron chi connectivity index (χ4n) is 5.84. The lowest BCUT2D eigenvalue weighted by Crippen LogP contribution is -2.45. The van der Waals surface area contributed by atoms with Crippen molar-refractivity contribution in [3.05, 3.63) is 45.9 Å². The lowest BCUT2D eigenvalue weighted by Gasteiger charge is -2.33. The third-order valence-corrected chi connectivity index (χ3v) is 8.14. The molecule has 2 fully saturated rings. The van der Waals surface area contributed by atoms with Crippen LogP contribution in [0.15, 0.2) is 18.2 Å². The lowest BCUT2D eigenvalue weighted by atomic mass is 9.80. The molecule has 2 aromatic rings. The fourth-order valence-corrected chi connectivity index (χ4v) is 6.03. The molecule has 3 aliphatic rings. The number of carbonyl (C=O) groups is 1. The molecule has 3 N–H and O–H groups in total. The maximum absolute atomic E-state index is 13.4. The Kier molecular flexibility index (Phi) is 7.11. The Labute approximate surface area is 224 Å². The number of alkyl halides is 3. The Balaban J connectivity index is 1.33. The van der Waals surface area contributed by atoms with Crippen molar-refractivity contribution in [3.63, 3.8) is 0 Å². The summed E-state index contributed by atoms with van der Waals surface area (Å²) < 4.78 is 51.8. The van der Waals surface area contributed by atoms with Crippen LogP contribution < -0.4 is 11.1 Å². The maximum atomic E-state index is 13.4. The number of aromatic nitrogens is 2. The van der Waals surface area contributed by atoms with E-state index in [-0.39, 0.29) is 22.7 Å². The van der Waals surface area contributed by atoms with E-state index in [1.807, 2.05) is 0 Å². The van der Waals surface area contributed by atoms with Crippen LogP contribution in [0.1, 0.15) is 61.9 Å². The highest BCUT2D eigenvalue weighted by molar-refractivity contribution is 6.28. The lowest BCUT2D eigenvalue weighted by molar-refractivity contribution is -0.147. The predicted octanol–water partition coefficient (Wildman–Crippen LogP) is 5.34. The molecule has 0 amide bonds. The summed E-state index contributed by atoms with van der Waals surface area (Å²) in [6.07, 6.45) is -0.519. The summed E-state index contributed by atoms with van der Waals surface area (Å²) in [5.41, 5.74) is 5.35. The van der Waals surface area contributed by atoms with E-state index in [2.05, 4.69) is 15.3 Å². The zero-order chi connectivity index (χ0) is 27.3. The summed E-state index contributed by atoms with van der Waals surface area (Å²) >= 11 is 6.23. The number of anilines is 2. The van der Waals surface area contributed by atoms with Gasteiger partial charge in [0.25, 0.3) is 0 Å². The van der Waals surface area contributed by atoms with Gasteiger partial charge in [-0.2, -0.15) is 13.2 Å². The van der Waals surface area contributed by atoms with Crippen molar-refractivity contribution in [2.24, 2.45) is 11.8 Å². The molecule has 1 aromatic heterocycles. The Hall–Kier alpha value is -2.43. The van der Waals surface area contributed by atoms with Gasteiger partial charge in [0.2, 0.25) is 5.28 Å². The molecule has 3 atom stereocenters. The van der Waals surface area contributed by atoms with Crippen molar-refractivity contribution in [1.82, 2.24) is 9.97 Å². The highest BCUT2D eigenvalue weighted by Crippen LogP contribution is 2.40. The molecular weight excluding hydrogens is 521 g/mol. The first-order chi connectivity index (χ1) is 17.8. The third kappa shape index (κ3) is 5.49. The third-order valence-electron chi connectivity index (χ3n) is 7.97. The fraction of sp³-hybridized carbons (Fsp3) is 0.593. The molecule has 1 aliphatic carbocycles. The topological polar surface area (TPSA) is 99.4 Å². The number of carbonyl (C=O) groups excluding carboxylic acids is 1. The first kappa shape index (κ1) is 27.1. The van der Waals surface area contributed by atoms with E-state index >= 15 is 0 Å². The first-order valence-corrected chi connectivity index (χ1v) is 13.3. The van der Waals surface area contributed by atoms with Gasteiger partial charge < -0.3 is 20.5 Å². The molecule has 0 radical (unpaired) electrons. The minimum absolute atomic E-state index is 0.0255. The number of fused-ring (bicyclic) bond motifs is 3. The Morgan fingerprint density at radius 2 is 1.97 bits per heavy atom. The average Bonchev–Trinajstić information content (AvgIpc) is 3.15. The largest absolute Gasteiger partial charge is 0.416 e. The molecule has 0 spiro atoms. The average molecular weight is 553 g/mol. The Morgan fingerprint density at radius 1 is 1.21 bits per heavy atom. The number of benzene rings is 1. The van der Waals surface area contributed by atoms with E-state index in [4.69, 9.17) is 26.8 Å². The first-order valence-electron chi connectivity index (χ1n) is 12.9. The molecule has 38 heavy (non-hydrogen) atoms. The molecule has 3 heterocycles. The second-order valence-corrected chi connectivity index (χ2v) is 11.7. The van der Waals surface area contributed by atoms with Crippen molar-refractivity contribution in [2.75, 3.05) is 30.9 Å². The molecule has 11 heteroatoms. The van der Waals surface area contributed by atoms with Gasteiger partial charge in [-0.3, -0.25) is 4.79 Å². The summed E-state index contributed by atoms with van der Waals surface area (Å²) in [7, 11) is 0. The predicted molar refractivity (Wildman–Crippen MR) is 137 cm³/mol. The summed E-state index contributed by atoms with van der Waals surface area (Å²) in [6.45, 7) is 5.08. The van der Waals surface area contributed by atoms with Crippen LogP contribution in [0, 0.1) is 11.8 Å². The SMILES string of the molecule is CC(C)(Nc1nc(Cl)nc2c1CC(CCC(=O)C13COCC(CO1)C3)CC2)c1cc(N)cc(C(F)(F)F)c1. The number of hydrogen-bond donors (Lipinski definition) is 2. The summed E-state index contributed by atoms with van der Waals surface area (Å²) in [4.78, 5) is 21.9. The van der Waals surface area contributed by atoms with E-state index in [9.17, 15) is 18.0 Å². The number of ketones is 1. The number of nitrogen functional groups attached to an aromatic ring is 1. The van der Waals surface area contributed by atoms with Crippen LogP contribution in [0.4, 0.5) is 24.7 Å². The van der Waals surface area contributed by atoms with Gasteiger partial charge in [0.05, 0.1) is 36.6 Å². The maximum Gasteiger partial charge on any atom is 0.416 e. The van der Waals surface area contributed by atoms with Crippen molar-refractivity contribution >= 4 is 28.9 Å².